The van der Waals surface area contributed by atoms with Crippen molar-refractivity contribution in [3.8, 4) is 5.69 Å². The lowest BCUT2D eigenvalue weighted by atomic mass is 10.3. The molecule has 0 radical (unpaired) electrons. The van der Waals surface area contributed by atoms with Gasteiger partial charge in [-0.25, -0.2) is 0 Å². The van der Waals surface area contributed by atoms with Crippen LogP contribution in [0, 0.1) is 0 Å². The summed E-state index contributed by atoms with van der Waals surface area (Å²) in [5.41, 5.74) is 1.57. The first kappa shape index (κ1) is 17.1. The number of hydrogen-bond donors (Lipinski definition) is 1. The molecule has 1 amide bonds. The Morgan fingerprint density at radius 1 is 1.12 bits per heavy atom. The van der Waals surface area contributed by atoms with E-state index in [1.807, 2.05) is 48.5 Å². The van der Waals surface area contributed by atoms with Gasteiger partial charge < -0.3 is 5.32 Å². The minimum Gasteiger partial charge on any atom is -0.325 e. The fourth-order valence-electron chi connectivity index (χ4n) is 1.91. The third-order valence-electron chi connectivity index (χ3n) is 2.95. The van der Waals surface area contributed by atoms with E-state index in [2.05, 4.69) is 52.7 Å². The van der Waals surface area contributed by atoms with Gasteiger partial charge in [0, 0.05) is 14.6 Å². The molecule has 2 aromatic carbocycles. The van der Waals surface area contributed by atoms with Crippen molar-refractivity contribution in [1.29, 1.82) is 0 Å². The van der Waals surface area contributed by atoms with E-state index < -0.39 is 0 Å². The molecule has 3 aromatic rings. The van der Waals surface area contributed by atoms with Gasteiger partial charge in [0.25, 0.3) is 0 Å². The number of benzene rings is 2. The van der Waals surface area contributed by atoms with Gasteiger partial charge in [0.2, 0.25) is 11.1 Å². The lowest BCUT2D eigenvalue weighted by Gasteiger charge is -2.06. The van der Waals surface area contributed by atoms with Gasteiger partial charge in [0.15, 0.2) is 0 Å². The van der Waals surface area contributed by atoms with Crippen LogP contribution in [0.25, 0.3) is 5.69 Å². The van der Waals surface area contributed by atoms with Crippen LogP contribution in [0.5, 0.6) is 0 Å². The van der Waals surface area contributed by atoms with Crippen LogP contribution in [0.3, 0.4) is 0 Å². The maximum atomic E-state index is 12.1. The number of anilines is 1. The second-order valence-corrected chi connectivity index (χ2v) is 7.47. The Labute approximate surface area is 159 Å². The Morgan fingerprint density at radius 3 is 2.67 bits per heavy atom. The first-order valence-corrected chi connectivity index (χ1v) is 9.41. The van der Waals surface area contributed by atoms with Crippen LogP contribution in [-0.4, -0.2) is 31.9 Å². The van der Waals surface area contributed by atoms with Crippen molar-refractivity contribution in [2.24, 2.45) is 0 Å². The largest absolute Gasteiger partial charge is 0.325 e. The highest BCUT2D eigenvalue weighted by Crippen LogP contribution is 2.21. The van der Waals surface area contributed by atoms with E-state index in [4.69, 9.17) is 0 Å². The predicted molar refractivity (Wildman–Crippen MR) is 100 cm³/mol. The summed E-state index contributed by atoms with van der Waals surface area (Å²) in [6.45, 7) is 0. The van der Waals surface area contributed by atoms with Gasteiger partial charge in [0.1, 0.15) is 0 Å². The summed E-state index contributed by atoms with van der Waals surface area (Å²) in [5.74, 6) is 0.0899. The van der Waals surface area contributed by atoms with Crippen molar-refractivity contribution in [2.45, 2.75) is 5.16 Å². The zero-order valence-corrected chi connectivity index (χ0v) is 16.2. The molecular weight excluding hydrogens is 458 g/mol. The molecule has 24 heavy (non-hydrogen) atoms. The lowest BCUT2D eigenvalue weighted by Crippen LogP contribution is -2.14. The Balaban J connectivity index is 1.64. The molecule has 3 rings (SSSR count). The molecule has 0 saturated carbocycles. The Kier molecular flexibility index (Phi) is 5.64. The number of aromatic nitrogens is 4. The Hall–Kier alpha value is -1.71. The normalized spacial score (nSPS) is 10.6. The minimum atomic E-state index is -0.122. The fourth-order valence-corrected chi connectivity index (χ4v) is 3.26. The van der Waals surface area contributed by atoms with Crippen LogP contribution in [0.4, 0.5) is 5.69 Å². The van der Waals surface area contributed by atoms with E-state index in [0.717, 1.165) is 20.3 Å². The van der Waals surface area contributed by atoms with E-state index in [9.17, 15) is 4.79 Å². The predicted octanol–water partition coefficient (Wildman–Crippen LogP) is 3.92. The van der Waals surface area contributed by atoms with E-state index in [0.29, 0.717) is 5.16 Å². The highest BCUT2D eigenvalue weighted by Gasteiger charge is 2.11. The van der Waals surface area contributed by atoms with Crippen LogP contribution in [0.15, 0.2) is 62.6 Å². The number of hydrogen-bond acceptors (Lipinski definition) is 5. The van der Waals surface area contributed by atoms with Gasteiger partial charge in [0.05, 0.1) is 11.4 Å². The number of nitrogens with one attached hydrogen (secondary N) is 1. The van der Waals surface area contributed by atoms with Crippen LogP contribution in [0.2, 0.25) is 0 Å². The summed E-state index contributed by atoms with van der Waals surface area (Å²) in [6, 6.07) is 15.0. The molecule has 1 aromatic heterocycles. The number of halogens is 2. The van der Waals surface area contributed by atoms with Crippen molar-refractivity contribution in [1.82, 2.24) is 20.2 Å². The fraction of sp³-hybridized carbons (Fsp3) is 0.0667. The number of rotatable bonds is 5. The summed E-state index contributed by atoms with van der Waals surface area (Å²) in [6.07, 6.45) is 0. The molecule has 122 valence electrons. The average molecular weight is 469 g/mol. The number of carbonyl (C=O) groups excluding carboxylic acids is 1. The Bertz CT molecular complexity index is 853. The molecule has 0 saturated heterocycles. The minimum absolute atomic E-state index is 0.122. The van der Waals surface area contributed by atoms with Crippen LogP contribution < -0.4 is 5.32 Å². The molecule has 0 fully saturated rings. The molecule has 0 unspecified atom stereocenters. The van der Waals surface area contributed by atoms with Gasteiger partial charge in [-0.1, -0.05) is 49.7 Å². The molecule has 6 nitrogen and oxygen atoms in total. The number of carbonyl (C=O) groups is 1. The van der Waals surface area contributed by atoms with Gasteiger partial charge in [-0.2, -0.15) is 4.68 Å². The van der Waals surface area contributed by atoms with Crippen molar-refractivity contribution in [3.05, 3.63) is 57.5 Å². The zero-order valence-electron chi connectivity index (χ0n) is 12.2. The van der Waals surface area contributed by atoms with Crippen molar-refractivity contribution < 1.29 is 4.79 Å². The summed E-state index contributed by atoms with van der Waals surface area (Å²) < 4.78 is 3.48. The molecule has 0 aliphatic rings. The number of nitrogens with zero attached hydrogens (tertiary/aromatic N) is 4. The first-order valence-electron chi connectivity index (χ1n) is 6.84. The molecule has 0 spiro atoms. The van der Waals surface area contributed by atoms with Gasteiger partial charge in [-0.3, -0.25) is 4.79 Å². The summed E-state index contributed by atoms with van der Waals surface area (Å²) in [4.78, 5) is 12.1. The molecule has 0 aliphatic carbocycles. The third-order valence-corrected chi connectivity index (χ3v) is 4.89. The monoisotopic (exact) mass is 467 g/mol. The molecule has 1 N–H and O–H groups in total. The maximum absolute atomic E-state index is 12.1. The molecule has 0 atom stereocenters. The quantitative estimate of drug-likeness (QED) is 0.574. The first-order chi connectivity index (χ1) is 11.6. The summed E-state index contributed by atoms with van der Waals surface area (Å²) >= 11 is 8.04. The zero-order chi connectivity index (χ0) is 16.9. The highest BCUT2D eigenvalue weighted by atomic mass is 79.9. The van der Waals surface area contributed by atoms with Crippen molar-refractivity contribution >= 4 is 55.2 Å². The van der Waals surface area contributed by atoms with Gasteiger partial charge in [-0.15, -0.1) is 5.10 Å². The lowest BCUT2D eigenvalue weighted by molar-refractivity contribution is -0.113. The van der Waals surface area contributed by atoms with Gasteiger partial charge in [-0.05, 0) is 52.9 Å². The summed E-state index contributed by atoms with van der Waals surface area (Å²) in [5, 5.41) is 15.0. The molecule has 0 aliphatic heterocycles. The third kappa shape index (κ3) is 4.43. The van der Waals surface area contributed by atoms with E-state index >= 15 is 0 Å². The van der Waals surface area contributed by atoms with Gasteiger partial charge >= 0.3 is 0 Å². The average Bonchev–Trinajstić information content (AvgIpc) is 3.02. The second-order valence-electron chi connectivity index (χ2n) is 4.70. The number of tetrazole rings is 1. The van der Waals surface area contributed by atoms with Crippen LogP contribution in [-0.2, 0) is 4.79 Å². The van der Waals surface area contributed by atoms with Crippen LogP contribution in [0.1, 0.15) is 0 Å². The maximum Gasteiger partial charge on any atom is 0.234 e. The molecule has 9 heteroatoms. The summed E-state index contributed by atoms with van der Waals surface area (Å²) in [7, 11) is 0. The Morgan fingerprint density at radius 2 is 1.92 bits per heavy atom. The van der Waals surface area contributed by atoms with Crippen molar-refractivity contribution in [2.75, 3.05) is 11.1 Å². The topological polar surface area (TPSA) is 72.7 Å². The van der Waals surface area contributed by atoms with E-state index in [1.165, 1.54) is 11.8 Å². The SMILES string of the molecule is O=C(CSc1nnnn1-c1ccc(Br)cc1)Nc1cccc(Br)c1. The number of thioether (sulfide) groups is 1. The standard InChI is InChI=1S/C15H11Br2N5OS/c16-10-4-6-13(7-5-10)22-15(19-20-21-22)24-9-14(23)18-12-3-1-2-11(17)8-12/h1-8H,9H2,(H,18,23). The molecular formula is C15H11Br2N5OS. The number of amides is 1. The second kappa shape index (κ2) is 7.91. The van der Waals surface area contributed by atoms with Crippen LogP contribution >= 0.6 is 43.6 Å². The molecule has 1 heterocycles. The van der Waals surface area contributed by atoms with E-state index in [1.54, 1.807) is 4.68 Å². The van der Waals surface area contributed by atoms with Crippen molar-refractivity contribution in [3.63, 3.8) is 0 Å². The smallest absolute Gasteiger partial charge is 0.234 e. The highest BCUT2D eigenvalue weighted by molar-refractivity contribution is 9.10. The van der Waals surface area contributed by atoms with E-state index in [-0.39, 0.29) is 11.7 Å². The molecule has 0 bridgehead atoms.